The minimum absolute atomic E-state index is 0. The van der Waals surface area contributed by atoms with Gasteiger partial charge in [0.1, 0.15) is 12.3 Å². The quantitative estimate of drug-likeness (QED) is 0.385. The van der Waals surface area contributed by atoms with E-state index < -0.39 is 0 Å². The van der Waals surface area contributed by atoms with E-state index in [4.69, 9.17) is 9.47 Å². The van der Waals surface area contributed by atoms with E-state index in [1.54, 1.807) is 23.1 Å². The second kappa shape index (κ2) is 13.6. The second-order valence-corrected chi connectivity index (χ2v) is 8.66. The number of piperazine rings is 1. The van der Waals surface area contributed by atoms with E-state index in [2.05, 4.69) is 38.5 Å². The second-order valence-electron chi connectivity index (χ2n) is 7.71. The van der Waals surface area contributed by atoms with Gasteiger partial charge in [0.05, 0.1) is 36.2 Å². The number of nitrogens with zero attached hydrogens (tertiary/aromatic N) is 4. The standard InChI is InChI=1S/C24H30N4O3S.2ClH/c1-3-31-23(29)18-28-24(22-9-6-16-32-22)19(17-25-28)10-11-26-12-14-27(15-13-26)20-7-4-5-8-21(20)30-2;;/h4-9,16-17H,3,10-15,18H2,1-2H3;2*1H. The van der Waals surface area contributed by atoms with Crippen LogP contribution in [0.2, 0.25) is 0 Å². The van der Waals surface area contributed by atoms with Crippen LogP contribution in [0.25, 0.3) is 10.6 Å². The lowest BCUT2D eigenvalue weighted by Crippen LogP contribution is -2.47. The zero-order chi connectivity index (χ0) is 22.3. The van der Waals surface area contributed by atoms with Crippen molar-refractivity contribution in [2.24, 2.45) is 0 Å². The van der Waals surface area contributed by atoms with Gasteiger partial charge in [-0.25, -0.2) is 0 Å². The average Bonchev–Trinajstić information content (AvgIpc) is 3.48. The third-order valence-electron chi connectivity index (χ3n) is 5.75. The van der Waals surface area contributed by atoms with E-state index in [1.807, 2.05) is 31.3 Å². The van der Waals surface area contributed by atoms with E-state index in [1.165, 1.54) is 5.56 Å². The molecule has 0 atom stereocenters. The lowest BCUT2D eigenvalue weighted by Gasteiger charge is -2.36. The Labute approximate surface area is 217 Å². The number of thiophene rings is 1. The molecule has 4 rings (SSSR count). The molecule has 0 radical (unpaired) electrons. The van der Waals surface area contributed by atoms with Gasteiger partial charge in [-0.3, -0.25) is 14.4 Å². The molecule has 1 saturated heterocycles. The Balaban J connectivity index is 0.00000204. The summed E-state index contributed by atoms with van der Waals surface area (Å²) in [6.45, 7) is 7.25. The number of carbonyl (C=O) groups excluding carboxylic acids is 1. The number of benzene rings is 1. The van der Waals surface area contributed by atoms with Gasteiger partial charge >= 0.3 is 5.97 Å². The van der Waals surface area contributed by atoms with Crippen molar-refractivity contribution in [3.8, 4) is 16.3 Å². The molecule has 0 aliphatic carbocycles. The molecule has 10 heteroatoms. The first kappa shape index (κ1) is 28.0. The van der Waals surface area contributed by atoms with Crippen molar-refractivity contribution in [2.75, 3.05) is 51.3 Å². The van der Waals surface area contributed by atoms with E-state index in [9.17, 15) is 4.79 Å². The Morgan fingerprint density at radius 2 is 1.85 bits per heavy atom. The number of hydrogen-bond donors (Lipinski definition) is 0. The highest BCUT2D eigenvalue weighted by molar-refractivity contribution is 7.13. The Kier molecular flexibility index (Phi) is 11.2. The summed E-state index contributed by atoms with van der Waals surface area (Å²) >= 11 is 1.67. The topological polar surface area (TPSA) is 59.8 Å². The molecule has 1 aliphatic rings. The lowest BCUT2D eigenvalue weighted by molar-refractivity contribution is -0.144. The van der Waals surface area contributed by atoms with Crippen molar-refractivity contribution >= 4 is 47.8 Å². The summed E-state index contributed by atoms with van der Waals surface area (Å²) in [5, 5.41) is 6.56. The van der Waals surface area contributed by atoms with Crippen LogP contribution >= 0.6 is 36.2 Å². The van der Waals surface area contributed by atoms with Gasteiger partial charge in [0.25, 0.3) is 0 Å². The maximum absolute atomic E-state index is 12.0. The van der Waals surface area contributed by atoms with Crippen molar-refractivity contribution in [3.63, 3.8) is 0 Å². The van der Waals surface area contributed by atoms with Crippen molar-refractivity contribution in [1.29, 1.82) is 0 Å². The zero-order valence-electron chi connectivity index (χ0n) is 19.5. The third-order valence-corrected chi connectivity index (χ3v) is 6.63. The van der Waals surface area contributed by atoms with Gasteiger partial charge < -0.3 is 14.4 Å². The number of halogens is 2. The molecule has 186 valence electrons. The number of rotatable bonds is 9. The van der Waals surface area contributed by atoms with Gasteiger partial charge in [0, 0.05) is 38.3 Å². The minimum Gasteiger partial charge on any atom is -0.495 e. The van der Waals surface area contributed by atoms with Crippen LogP contribution in [0.5, 0.6) is 5.75 Å². The molecule has 0 amide bonds. The summed E-state index contributed by atoms with van der Waals surface area (Å²) in [5.74, 6) is 0.669. The normalized spacial score (nSPS) is 13.6. The largest absolute Gasteiger partial charge is 0.495 e. The van der Waals surface area contributed by atoms with Crippen LogP contribution in [0.3, 0.4) is 0 Å². The molecular weight excluding hydrogens is 495 g/mol. The van der Waals surface area contributed by atoms with Crippen LogP contribution in [0.15, 0.2) is 48.0 Å². The van der Waals surface area contributed by atoms with Crippen LogP contribution in [0.1, 0.15) is 12.5 Å². The van der Waals surface area contributed by atoms with Crippen LogP contribution in [-0.2, 0) is 22.5 Å². The van der Waals surface area contributed by atoms with Gasteiger partial charge in [0.2, 0.25) is 0 Å². The molecule has 2 aromatic heterocycles. The average molecular weight is 528 g/mol. The predicted octanol–water partition coefficient (Wildman–Crippen LogP) is 4.39. The SMILES string of the molecule is CCOC(=O)Cn1ncc(CCN2CCN(c3ccccc3OC)CC2)c1-c1cccs1.Cl.Cl. The summed E-state index contributed by atoms with van der Waals surface area (Å²) < 4.78 is 12.4. The summed E-state index contributed by atoms with van der Waals surface area (Å²) in [5.41, 5.74) is 3.36. The predicted molar refractivity (Wildman–Crippen MR) is 142 cm³/mol. The molecule has 1 fully saturated rings. The first-order valence-corrected chi connectivity index (χ1v) is 11.9. The van der Waals surface area contributed by atoms with E-state index in [0.717, 1.165) is 61.2 Å². The fraction of sp³-hybridized carbons (Fsp3) is 0.417. The Morgan fingerprint density at radius 1 is 1.09 bits per heavy atom. The maximum atomic E-state index is 12.0. The van der Waals surface area contributed by atoms with E-state index in [-0.39, 0.29) is 37.3 Å². The third kappa shape index (κ3) is 6.66. The fourth-order valence-corrected chi connectivity index (χ4v) is 4.95. The molecule has 0 saturated carbocycles. The van der Waals surface area contributed by atoms with Gasteiger partial charge in [0.15, 0.2) is 0 Å². The number of aromatic nitrogens is 2. The summed E-state index contributed by atoms with van der Waals surface area (Å²) in [4.78, 5) is 18.1. The Hall–Kier alpha value is -2.26. The highest BCUT2D eigenvalue weighted by Crippen LogP contribution is 2.30. The monoisotopic (exact) mass is 526 g/mol. The molecule has 3 aromatic rings. The number of hydrogen-bond acceptors (Lipinski definition) is 7. The number of anilines is 1. The number of methoxy groups -OCH3 is 1. The molecule has 0 unspecified atom stereocenters. The van der Waals surface area contributed by atoms with Crippen molar-refractivity contribution in [2.45, 2.75) is 19.9 Å². The summed E-state index contributed by atoms with van der Waals surface area (Å²) in [6.07, 6.45) is 2.80. The molecule has 3 heterocycles. The van der Waals surface area contributed by atoms with Crippen LogP contribution in [-0.4, -0.2) is 67.1 Å². The summed E-state index contributed by atoms with van der Waals surface area (Å²) in [6, 6.07) is 12.3. The molecule has 0 spiro atoms. The van der Waals surface area contributed by atoms with Gasteiger partial charge in [-0.05, 0) is 36.9 Å². The van der Waals surface area contributed by atoms with Gasteiger partial charge in [-0.1, -0.05) is 18.2 Å². The molecule has 1 aliphatic heterocycles. The number of esters is 1. The number of para-hydroxylation sites is 2. The van der Waals surface area contributed by atoms with E-state index in [0.29, 0.717) is 6.61 Å². The Bertz CT molecular complexity index is 1020. The van der Waals surface area contributed by atoms with Crippen LogP contribution in [0, 0.1) is 0 Å². The molecule has 34 heavy (non-hydrogen) atoms. The van der Waals surface area contributed by atoms with Gasteiger partial charge in [-0.15, -0.1) is 36.2 Å². The molecule has 0 N–H and O–H groups in total. The first-order valence-electron chi connectivity index (χ1n) is 11.0. The number of carbonyl (C=O) groups is 1. The van der Waals surface area contributed by atoms with Crippen LogP contribution < -0.4 is 9.64 Å². The maximum Gasteiger partial charge on any atom is 0.327 e. The molecule has 0 bridgehead atoms. The van der Waals surface area contributed by atoms with Crippen molar-refractivity contribution < 1.29 is 14.3 Å². The fourth-order valence-electron chi connectivity index (χ4n) is 4.14. The molecule has 7 nitrogen and oxygen atoms in total. The molecule has 1 aromatic carbocycles. The zero-order valence-corrected chi connectivity index (χ0v) is 22.0. The smallest absolute Gasteiger partial charge is 0.327 e. The van der Waals surface area contributed by atoms with E-state index >= 15 is 0 Å². The molecular formula is C24H32Cl2N4O3S. The summed E-state index contributed by atoms with van der Waals surface area (Å²) in [7, 11) is 1.72. The van der Waals surface area contributed by atoms with Crippen molar-refractivity contribution in [3.05, 3.63) is 53.5 Å². The first-order chi connectivity index (χ1) is 15.7. The van der Waals surface area contributed by atoms with Gasteiger partial charge in [-0.2, -0.15) is 5.10 Å². The Morgan fingerprint density at radius 3 is 2.53 bits per heavy atom. The van der Waals surface area contributed by atoms with Crippen LogP contribution in [0.4, 0.5) is 5.69 Å². The highest BCUT2D eigenvalue weighted by Gasteiger charge is 2.21. The lowest BCUT2D eigenvalue weighted by atomic mass is 10.1. The minimum atomic E-state index is -0.257. The van der Waals surface area contributed by atoms with Crippen molar-refractivity contribution in [1.82, 2.24) is 14.7 Å². The highest BCUT2D eigenvalue weighted by atomic mass is 35.5. The number of ether oxygens (including phenoxy) is 2.